The summed E-state index contributed by atoms with van der Waals surface area (Å²) < 4.78 is 5.03. The van der Waals surface area contributed by atoms with Gasteiger partial charge in [-0.15, -0.1) is 0 Å². The number of amides is 1. The number of aryl methyl sites for hydroxylation is 2. The van der Waals surface area contributed by atoms with Crippen molar-refractivity contribution < 1.29 is 9.32 Å². The molecule has 2 N–H and O–H groups in total. The molecule has 0 aromatic carbocycles. The lowest BCUT2D eigenvalue weighted by Crippen LogP contribution is -2.40. The zero-order valence-electron chi connectivity index (χ0n) is 10.4. The topological polar surface area (TPSA) is 72.4 Å². The van der Waals surface area contributed by atoms with Gasteiger partial charge in [-0.3, -0.25) is 4.79 Å². The van der Waals surface area contributed by atoms with E-state index in [1.54, 1.807) is 13.8 Å². The van der Waals surface area contributed by atoms with E-state index in [0.29, 0.717) is 29.5 Å². The quantitative estimate of drug-likeness (QED) is 0.836. The maximum absolute atomic E-state index is 12.3. The van der Waals surface area contributed by atoms with Crippen molar-refractivity contribution in [3.8, 4) is 0 Å². The molecule has 2 heterocycles. The lowest BCUT2D eigenvalue weighted by molar-refractivity contribution is 0.0691. The predicted octanol–water partition coefficient (Wildman–Crippen LogP) is 1.10. The van der Waals surface area contributed by atoms with Crippen LogP contribution in [0.15, 0.2) is 4.52 Å². The van der Waals surface area contributed by atoms with Crippen LogP contribution in [0.5, 0.6) is 0 Å². The summed E-state index contributed by atoms with van der Waals surface area (Å²) in [4.78, 5) is 14.2. The van der Waals surface area contributed by atoms with Crippen molar-refractivity contribution in [3.63, 3.8) is 0 Å². The normalized spacial score (nSPS) is 17.5. The summed E-state index contributed by atoms with van der Waals surface area (Å²) in [6.07, 6.45) is 1.98. The zero-order chi connectivity index (χ0) is 12.4. The van der Waals surface area contributed by atoms with Gasteiger partial charge in [-0.25, -0.2) is 0 Å². The molecule has 0 saturated carbocycles. The monoisotopic (exact) mass is 237 g/mol. The molecule has 17 heavy (non-hydrogen) atoms. The Bertz CT molecular complexity index is 386. The van der Waals surface area contributed by atoms with Crippen LogP contribution in [0.2, 0.25) is 0 Å². The summed E-state index contributed by atoms with van der Waals surface area (Å²) in [6.45, 7) is 5.86. The second-order valence-corrected chi connectivity index (χ2v) is 4.67. The molecule has 5 nitrogen and oxygen atoms in total. The van der Waals surface area contributed by atoms with Crippen molar-refractivity contribution in [1.82, 2.24) is 10.1 Å². The average Bonchev–Trinajstić information content (AvgIpc) is 2.68. The molecule has 1 aliphatic heterocycles. The zero-order valence-corrected chi connectivity index (χ0v) is 10.4. The third-order valence-corrected chi connectivity index (χ3v) is 3.48. The Morgan fingerprint density at radius 2 is 2.12 bits per heavy atom. The number of piperidine rings is 1. The van der Waals surface area contributed by atoms with Crippen LogP contribution in [0.4, 0.5) is 0 Å². The second-order valence-electron chi connectivity index (χ2n) is 4.67. The average molecular weight is 237 g/mol. The predicted molar refractivity (Wildman–Crippen MR) is 63.7 cm³/mol. The minimum absolute atomic E-state index is 0.0386. The van der Waals surface area contributed by atoms with Gasteiger partial charge in [-0.05, 0) is 39.2 Å². The standard InChI is InChI=1S/C12H19N3O2/c1-8-11(9(2)17-14-8)12(16)15-5-3-10(7-13)4-6-15/h10H,3-7,13H2,1-2H3. The molecule has 1 saturated heterocycles. The molecule has 1 aromatic rings. The van der Waals surface area contributed by atoms with E-state index in [-0.39, 0.29) is 5.91 Å². The van der Waals surface area contributed by atoms with Gasteiger partial charge < -0.3 is 15.2 Å². The fourth-order valence-electron chi connectivity index (χ4n) is 2.32. The maximum Gasteiger partial charge on any atom is 0.259 e. The second kappa shape index (κ2) is 4.87. The fraction of sp³-hybridized carbons (Fsp3) is 0.667. The summed E-state index contributed by atoms with van der Waals surface area (Å²) in [5, 5.41) is 3.82. The molecule has 1 fully saturated rings. The van der Waals surface area contributed by atoms with Crippen LogP contribution in [-0.4, -0.2) is 35.6 Å². The van der Waals surface area contributed by atoms with Gasteiger partial charge in [0.1, 0.15) is 11.3 Å². The molecule has 1 aliphatic rings. The van der Waals surface area contributed by atoms with Crippen molar-refractivity contribution in [1.29, 1.82) is 0 Å². The van der Waals surface area contributed by atoms with Gasteiger partial charge in [0, 0.05) is 13.1 Å². The lowest BCUT2D eigenvalue weighted by atomic mass is 9.96. The Morgan fingerprint density at radius 3 is 2.59 bits per heavy atom. The molecule has 0 atom stereocenters. The smallest absolute Gasteiger partial charge is 0.259 e. The van der Waals surface area contributed by atoms with E-state index in [4.69, 9.17) is 10.3 Å². The van der Waals surface area contributed by atoms with E-state index < -0.39 is 0 Å². The number of rotatable bonds is 2. The number of carbonyl (C=O) groups is 1. The Balaban J connectivity index is 2.07. The van der Waals surface area contributed by atoms with Gasteiger partial charge >= 0.3 is 0 Å². The molecule has 1 aromatic heterocycles. The van der Waals surface area contributed by atoms with Crippen molar-refractivity contribution in [2.75, 3.05) is 19.6 Å². The molecule has 0 aliphatic carbocycles. The molecule has 0 spiro atoms. The number of nitrogens with zero attached hydrogens (tertiary/aromatic N) is 2. The molecule has 0 radical (unpaired) electrons. The molecular weight excluding hydrogens is 218 g/mol. The van der Waals surface area contributed by atoms with Crippen LogP contribution in [0.1, 0.15) is 34.7 Å². The largest absolute Gasteiger partial charge is 0.361 e. The summed E-state index contributed by atoms with van der Waals surface area (Å²) >= 11 is 0. The highest BCUT2D eigenvalue weighted by Gasteiger charge is 2.26. The molecule has 1 amide bonds. The van der Waals surface area contributed by atoms with Crippen LogP contribution >= 0.6 is 0 Å². The van der Waals surface area contributed by atoms with E-state index in [2.05, 4.69) is 5.16 Å². The molecule has 2 rings (SSSR count). The van der Waals surface area contributed by atoms with E-state index in [0.717, 1.165) is 25.9 Å². The van der Waals surface area contributed by atoms with Crippen LogP contribution in [0.3, 0.4) is 0 Å². The van der Waals surface area contributed by atoms with Crippen LogP contribution in [-0.2, 0) is 0 Å². The lowest BCUT2D eigenvalue weighted by Gasteiger charge is -2.31. The third-order valence-electron chi connectivity index (χ3n) is 3.48. The molecule has 94 valence electrons. The number of nitrogens with two attached hydrogens (primary N) is 1. The Labute approximate surface area is 101 Å². The molecule has 0 bridgehead atoms. The SMILES string of the molecule is Cc1noc(C)c1C(=O)N1CCC(CN)CC1. The van der Waals surface area contributed by atoms with Gasteiger partial charge in [0.2, 0.25) is 0 Å². The van der Waals surface area contributed by atoms with Crippen molar-refractivity contribution in [2.24, 2.45) is 11.7 Å². The first-order chi connectivity index (χ1) is 8.13. The third kappa shape index (κ3) is 2.34. The van der Waals surface area contributed by atoms with Crippen LogP contribution < -0.4 is 5.73 Å². The molecule has 5 heteroatoms. The number of carbonyl (C=O) groups excluding carboxylic acids is 1. The summed E-state index contributed by atoms with van der Waals surface area (Å²) in [5.74, 6) is 1.20. The van der Waals surface area contributed by atoms with E-state index in [9.17, 15) is 4.79 Å². The van der Waals surface area contributed by atoms with Gasteiger partial charge in [0.25, 0.3) is 5.91 Å². The maximum atomic E-state index is 12.3. The number of hydrogen-bond acceptors (Lipinski definition) is 4. The number of likely N-dealkylation sites (tertiary alicyclic amines) is 1. The number of aromatic nitrogens is 1. The van der Waals surface area contributed by atoms with Crippen LogP contribution in [0.25, 0.3) is 0 Å². The van der Waals surface area contributed by atoms with Crippen LogP contribution in [0, 0.1) is 19.8 Å². The Hall–Kier alpha value is -1.36. The summed E-state index contributed by atoms with van der Waals surface area (Å²) in [5.41, 5.74) is 6.94. The first-order valence-corrected chi connectivity index (χ1v) is 6.05. The minimum atomic E-state index is 0.0386. The van der Waals surface area contributed by atoms with E-state index in [1.165, 1.54) is 0 Å². The van der Waals surface area contributed by atoms with Gasteiger partial charge in [0.15, 0.2) is 0 Å². The van der Waals surface area contributed by atoms with Gasteiger partial charge in [-0.2, -0.15) is 0 Å². The number of hydrogen-bond donors (Lipinski definition) is 1. The first kappa shape index (κ1) is 12.1. The van der Waals surface area contributed by atoms with Crippen molar-refractivity contribution in [3.05, 3.63) is 17.0 Å². The summed E-state index contributed by atoms with van der Waals surface area (Å²) in [6, 6.07) is 0. The highest BCUT2D eigenvalue weighted by molar-refractivity contribution is 5.96. The van der Waals surface area contributed by atoms with E-state index in [1.807, 2.05) is 4.90 Å². The Morgan fingerprint density at radius 1 is 1.47 bits per heavy atom. The van der Waals surface area contributed by atoms with E-state index >= 15 is 0 Å². The molecule has 0 unspecified atom stereocenters. The first-order valence-electron chi connectivity index (χ1n) is 6.05. The van der Waals surface area contributed by atoms with Gasteiger partial charge in [-0.1, -0.05) is 5.16 Å². The van der Waals surface area contributed by atoms with Crippen molar-refractivity contribution >= 4 is 5.91 Å². The Kier molecular flexibility index (Phi) is 3.47. The minimum Gasteiger partial charge on any atom is -0.361 e. The molecular formula is C12H19N3O2. The van der Waals surface area contributed by atoms with Gasteiger partial charge in [0.05, 0.1) is 5.69 Å². The van der Waals surface area contributed by atoms with Crippen molar-refractivity contribution in [2.45, 2.75) is 26.7 Å². The highest BCUT2D eigenvalue weighted by Crippen LogP contribution is 2.20. The fourth-order valence-corrected chi connectivity index (χ4v) is 2.32. The highest BCUT2D eigenvalue weighted by atomic mass is 16.5. The summed E-state index contributed by atoms with van der Waals surface area (Å²) in [7, 11) is 0.